The highest BCUT2D eigenvalue weighted by molar-refractivity contribution is 5.90. The van der Waals surface area contributed by atoms with Crippen molar-refractivity contribution in [2.24, 2.45) is 0 Å². The normalized spacial score (nSPS) is 10.7. The van der Waals surface area contributed by atoms with Crippen LogP contribution < -0.4 is 23.7 Å². The number of methoxy groups -OCH3 is 3. The fraction of sp³-hybridized carbons (Fsp3) is 0.154. The van der Waals surface area contributed by atoms with Crippen LogP contribution in [0.1, 0.15) is 11.1 Å². The second kappa shape index (κ2) is 11.3. The fourth-order valence-electron chi connectivity index (χ4n) is 3.01. The van der Waals surface area contributed by atoms with E-state index in [-0.39, 0.29) is 6.61 Å². The maximum atomic E-state index is 12.2. The Morgan fingerprint density at radius 3 is 2.30 bits per heavy atom. The number of nitriles is 1. The van der Waals surface area contributed by atoms with Gasteiger partial charge in [-0.15, -0.1) is 0 Å². The lowest BCUT2D eigenvalue weighted by molar-refractivity contribution is -0.136. The third-order valence-corrected chi connectivity index (χ3v) is 4.61. The summed E-state index contributed by atoms with van der Waals surface area (Å²) in [7, 11) is 4.64. The van der Waals surface area contributed by atoms with Crippen molar-refractivity contribution in [1.29, 1.82) is 5.26 Å². The molecule has 0 heterocycles. The Hall–Kier alpha value is -4.44. The van der Waals surface area contributed by atoms with E-state index >= 15 is 0 Å². The molecule has 0 spiro atoms. The molecule has 3 aromatic carbocycles. The molecule has 0 bridgehead atoms. The third-order valence-electron chi connectivity index (χ3n) is 4.61. The lowest BCUT2D eigenvalue weighted by atomic mass is 10.0. The summed E-state index contributed by atoms with van der Waals surface area (Å²) in [6.07, 6.45) is 1.70. The van der Waals surface area contributed by atoms with Crippen LogP contribution in [0.5, 0.6) is 28.7 Å². The third kappa shape index (κ3) is 6.28. The first-order chi connectivity index (χ1) is 16.1. The van der Waals surface area contributed by atoms with E-state index in [4.69, 9.17) is 23.7 Å². The molecule has 0 aliphatic rings. The Morgan fingerprint density at radius 2 is 1.58 bits per heavy atom. The van der Waals surface area contributed by atoms with Gasteiger partial charge in [-0.05, 0) is 59.7 Å². The molecule has 0 aromatic heterocycles. The van der Waals surface area contributed by atoms with Crippen molar-refractivity contribution in [3.8, 4) is 34.8 Å². The van der Waals surface area contributed by atoms with E-state index in [1.165, 1.54) is 7.11 Å². The van der Waals surface area contributed by atoms with Gasteiger partial charge in [0.15, 0.2) is 18.1 Å². The smallest absolute Gasteiger partial charge is 0.349 e. The van der Waals surface area contributed by atoms with Crippen LogP contribution in [0, 0.1) is 11.3 Å². The van der Waals surface area contributed by atoms with E-state index in [1.54, 1.807) is 81.0 Å². The van der Waals surface area contributed by atoms with Crippen LogP contribution in [-0.4, -0.2) is 33.9 Å². The second-order valence-electron chi connectivity index (χ2n) is 6.75. The number of nitrogens with zero attached hydrogens (tertiary/aromatic N) is 1. The minimum atomic E-state index is -0.556. The van der Waals surface area contributed by atoms with Crippen LogP contribution in [0.25, 0.3) is 11.6 Å². The molecule has 0 N–H and O–H groups in total. The first-order valence-electron chi connectivity index (χ1n) is 9.98. The number of ether oxygens (including phenoxy) is 5. The molecule has 0 radical (unpaired) electrons. The highest BCUT2D eigenvalue weighted by Crippen LogP contribution is 2.31. The summed E-state index contributed by atoms with van der Waals surface area (Å²) in [4.78, 5) is 12.2. The van der Waals surface area contributed by atoms with Gasteiger partial charge in [-0.2, -0.15) is 5.26 Å². The number of carbonyl (C=O) groups is 1. The molecule has 7 heteroatoms. The Bertz CT molecular complexity index is 1200. The SMILES string of the molecule is COc1cccc(OCC(=O)Oc2cccc(/C=C(/C#N)c3ccc(OC)c(OC)c3)c2)c1. The first-order valence-corrected chi connectivity index (χ1v) is 9.98. The van der Waals surface area contributed by atoms with Crippen LogP contribution in [-0.2, 0) is 4.79 Å². The molecule has 0 saturated heterocycles. The summed E-state index contributed by atoms with van der Waals surface area (Å²) in [6.45, 7) is -0.262. The van der Waals surface area contributed by atoms with Gasteiger partial charge < -0.3 is 23.7 Å². The van der Waals surface area contributed by atoms with Gasteiger partial charge in [0.25, 0.3) is 0 Å². The molecule has 0 fully saturated rings. The van der Waals surface area contributed by atoms with E-state index in [0.717, 1.165) is 0 Å². The number of carbonyl (C=O) groups excluding carboxylic acids is 1. The van der Waals surface area contributed by atoms with Gasteiger partial charge in [0.05, 0.1) is 33.0 Å². The second-order valence-corrected chi connectivity index (χ2v) is 6.75. The Labute approximate surface area is 192 Å². The molecule has 3 rings (SSSR count). The van der Waals surface area contributed by atoms with Crippen molar-refractivity contribution < 1.29 is 28.5 Å². The fourth-order valence-corrected chi connectivity index (χ4v) is 3.01. The van der Waals surface area contributed by atoms with Gasteiger partial charge in [-0.25, -0.2) is 4.79 Å². The van der Waals surface area contributed by atoms with Crippen LogP contribution in [0.4, 0.5) is 0 Å². The zero-order chi connectivity index (χ0) is 23.6. The van der Waals surface area contributed by atoms with Gasteiger partial charge in [-0.3, -0.25) is 0 Å². The van der Waals surface area contributed by atoms with Crippen molar-refractivity contribution in [1.82, 2.24) is 0 Å². The van der Waals surface area contributed by atoms with Gasteiger partial charge in [0.2, 0.25) is 0 Å². The van der Waals surface area contributed by atoms with E-state index < -0.39 is 5.97 Å². The Balaban J connectivity index is 1.71. The van der Waals surface area contributed by atoms with Gasteiger partial charge in [-0.1, -0.05) is 18.2 Å². The van der Waals surface area contributed by atoms with Gasteiger partial charge >= 0.3 is 5.97 Å². The van der Waals surface area contributed by atoms with Crippen LogP contribution >= 0.6 is 0 Å². The molecule has 7 nitrogen and oxygen atoms in total. The number of benzene rings is 3. The van der Waals surface area contributed by atoms with E-state index in [2.05, 4.69) is 6.07 Å². The number of hydrogen-bond donors (Lipinski definition) is 0. The average Bonchev–Trinajstić information content (AvgIpc) is 2.86. The maximum absolute atomic E-state index is 12.2. The quantitative estimate of drug-likeness (QED) is 0.203. The highest BCUT2D eigenvalue weighted by atomic mass is 16.6. The standard InChI is InChI=1S/C26H23NO6/c1-29-21-7-5-8-22(15-21)32-17-26(28)33-23-9-4-6-18(13-23)12-20(16-27)19-10-11-24(30-2)25(14-19)31-3/h4-15H,17H2,1-3H3/b20-12-. The number of allylic oxidation sites excluding steroid dienone is 1. The molecule has 0 aliphatic heterocycles. The zero-order valence-corrected chi connectivity index (χ0v) is 18.5. The molecule has 168 valence electrons. The van der Waals surface area contributed by atoms with Crippen molar-refractivity contribution in [2.45, 2.75) is 0 Å². The summed E-state index contributed by atoms with van der Waals surface area (Å²) >= 11 is 0. The summed E-state index contributed by atoms with van der Waals surface area (Å²) in [5, 5.41) is 9.66. The Kier molecular flexibility index (Phi) is 7.92. The van der Waals surface area contributed by atoms with E-state index in [0.29, 0.717) is 45.4 Å². The number of hydrogen-bond acceptors (Lipinski definition) is 7. The molecular weight excluding hydrogens is 422 g/mol. The minimum Gasteiger partial charge on any atom is -0.497 e. The Morgan fingerprint density at radius 1 is 0.848 bits per heavy atom. The van der Waals surface area contributed by atoms with Gasteiger partial charge in [0, 0.05) is 6.07 Å². The molecule has 33 heavy (non-hydrogen) atoms. The molecule has 0 saturated carbocycles. The van der Waals surface area contributed by atoms with Crippen LogP contribution in [0.2, 0.25) is 0 Å². The van der Waals surface area contributed by atoms with Crippen LogP contribution in [0.15, 0.2) is 66.7 Å². The van der Waals surface area contributed by atoms with E-state index in [1.807, 2.05) is 6.07 Å². The van der Waals surface area contributed by atoms with Crippen molar-refractivity contribution in [3.63, 3.8) is 0 Å². The highest BCUT2D eigenvalue weighted by Gasteiger charge is 2.10. The first kappa shape index (κ1) is 23.2. The molecule has 0 aliphatic carbocycles. The number of esters is 1. The maximum Gasteiger partial charge on any atom is 0.349 e. The molecule has 0 amide bonds. The number of rotatable bonds is 9. The molecule has 0 unspecified atom stereocenters. The summed E-state index contributed by atoms with van der Waals surface area (Å²) < 4.78 is 26.5. The largest absolute Gasteiger partial charge is 0.497 e. The van der Waals surface area contributed by atoms with E-state index in [9.17, 15) is 10.1 Å². The van der Waals surface area contributed by atoms with Crippen molar-refractivity contribution in [2.75, 3.05) is 27.9 Å². The minimum absolute atomic E-state index is 0.262. The lowest BCUT2D eigenvalue weighted by Crippen LogP contribution is -2.17. The summed E-state index contributed by atoms with van der Waals surface area (Å²) in [6, 6.07) is 21.2. The molecule has 3 aromatic rings. The van der Waals surface area contributed by atoms with Crippen molar-refractivity contribution >= 4 is 17.6 Å². The molecule has 0 atom stereocenters. The average molecular weight is 445 g/mol. The van der Waals surface area contributed by atoms with Crippen molar-refractivity contribution in [3.05, 3.63) is 77.9 Å². The monoisotopic (exact) mass is 445 g/mol. The summed E-state index contributed by atoms with van der Waals surface area (Å²) in [5.74, 6) is 2.00. The summed E-state index contributed by atoms with van der Waals surface area (Å²) in [5.41, 5.74) is 1.78. The van der Waals surface area contributed by atoms with Gasteiger partial charge in [0.1, 0.15) is 17.2 Å². The topological polar surface area (TPSA) is 87.0 Å². The molecular formula is C26H23NO6. The lowest BCUT2D eigenvalue weighted by Gasteiger charge is -2.09. The zero-order valence-electron chi connectivity index (χ0n) is 18.5. The van der Waals surface area contributed by atoms with Crippen LogP contribution in [0.3, 0.4) is 0 Å². The predicted molar refractivity (Wildman–Crippen MR) is 124 cm³/mol. The predicted octanol–water partition coefficient (Wildman–Crippen LogP) is 4.76.